The molecule has 0 N–H and O–H groups in total. The monoisotopic (exact) mass is 430 g/mol. The van der Waals surface area contributed by atoms with Crippen LogP contribution in [0.25, 0.3) is 0 Å². The van der Waals surface area contributed by atoms with Gasteiger partial charge >= 0.3 is 0 Å². The van der Waals surface area contributed by atoms with Crippen LogP contribution < -0.4 is 4.74 Å². The van der Waals surface area contributed by atoms with Crippen molar-refractivity contribution in [2.24, 2.45) is 5.92 Å². The van der Waals surface area contributed by atoms with Gasteiger partial charge in [0.15, 0.2) is 0 Å². The van der Waals surface area contributed by atoms with Crippen LogP contribution in [0.1, 0.15) is 64.4 Å². The third-order valence-corrected chi connectivity index (χ3v) is 6.74. The number of ether oxygens (including phenoxy) is 2. The van der Waals surface area contributed by atoms with Gasteiger partial charge < -0.3 is 19.3 Å². The molecule has 2 atom stereocenters. The molecule has 2 fully saturated rings. The van der Waals surface area contributed by atoms with Gasteiger partial charge in [-0.15, -0.1) is 0 Å². The number of hydrogen-bond donors (Lipinski definition) is 0. The van der Waals surface area contributed by atoms with E-state index in [-0.39, 0.29) is 12.0 Å². The van der Waals surface area contributed by atoms with Crippen LogP contribution in [-0.4, -0.2) is 67.7 Å². The van der Waals surface area contributed by atoms with Gasteiger partial charge in [-0.25, -0.2) is 0 Å². The molecule has 0 radical (unpaired) electrons. The van der Waals surface area contributed by atoms with E-state index in [4.69, 9.17) is 9.47 Å². The lowest BCUT2D eigenvalue weighted by Crippen LogP contribution is -2.51. The van der Waals surface area contributed by atoms with Crippen molar-refractivity contribution in [3.8, 4) is 5.75 Å². The molecule has 2 aliphatic rings. The first-order chi connectivity index (χ1) is 15.1. The first-order valence-electron chi connectivity index (χ1n) is 12.3. The maximum absolute atomic E-state index is 13.2. The molecule has 2 heterocycles. The number of fused-ring (bicyclic) bond motifs is 1. The molecule has 174 valence electrons. The highest BCUT2D eigenvalue weighted by Gasteiger charge is 2.34. The minimum absolute atomic E-state index is 0.174. The van der Waals surface area contributed by atoms with Crippen LogP contribution in [-0.2, 0) is 16.0 Å². The van der Waals surface area contributed by atoms with Crippen molar-refractivity contribution in [2.75, 3.05) is 39.9 Å². The van der Waals surface area contributed by atoms with Crippen LogP contribution in [0.15, 0.2) is 24.3 Å². The number of amides is 1. The smallest absolute Gasteiger partial charge is 0.222 e. The number of hydrogen-bond acceptors (Lipinski definition) is 4. The van der Waals surface area contributed by atoms with Crippen LogP contribution in [0, 0.1) is 5.92 Å². The van der Waals surface area contributed by atoms with Crippen LogP contribution >= 0.6 is 0 Å². The summed E-state index contributed by atoms with van der Waals surface area (Å²) in [5, 5.41) is 0. The lowest BCUT2D eigenvalue weighted by Gasteiger charge is -2.45. The zero-order chi connectivity index (χ0) is 22.1. The molecule has 2 saturated heterocycles. The summed E-state index contributed by atoms with van der Waals surface area (Å²) in [6, 6.07) is 8.86. The maximum Gasteiger partial charge on any atom is 0.222 e. The average molecular weight is 431 g/mol. The van der Waals surface area contributed by atoms with Crippen LogP contribution in [0.2, 0.25) is 0 Å². The third-order valence-electron chi connectivity index (χ3n) is 6.74. The summed E-state index contributed by atoms with van der Waals surface area (Å²) in [6.45, 7) is 8.97. The van der Waals surface area contributed by atoms with Crippen molar-refractivity contribution >= 4 is 5.91 Å². The number of piperidine rings is 2. The van der Waals surface area contributed by atoms with Crippen molar-refractivity contribution in [2.45, 2.75) is 77.4 Å². The number of rotatable bonds is 11. The highest BCUT2D eigenvalue weighted by atomic mass is 16.5. The number of aryl methyl sites for hydroxylation is 1. The van der Waals surface area contributed by atoms with Gasteiger partial charge in [0.25, 0.3) is 0 Å². The van der Waals surface area contributed by atoms with Crippen molar-refractivity contribution in [3.05, 3.63) is 29.8 Å². The highest BCUT2D eigenvalue weighted by molar-refractivity contribution is 5.76. The van der Waals surface area contributed by atoms with Gasteiger partial charge in [0.1, 0.15) is 5.75 Å². The Morgan fingerprint density at radius 1 is 1.13 bits per heavy atom. The zero-order valence-corrected chi connectivity index (χ0v) is 19.9. The molecule has 3 rings (SSSR count). The molecule has 0 aliphatic carbocycles. The second-order valence-corrected chi connectivity index (χ2v) is 9.50. The summed E-state index contributed by atoms with van der Waals surface area (Å²) in [4.78, 5) is 18.0. The molecule has 0 bridgehead atoms. The molecule has 1 amide bonds. The molecular weight excluding hydrogens is 388 g/mol. The quantitative estimate of drug-likeness (QED) is 0.484. The van der Waals surface area contributed by atoms with Crippen LogP contribution in [0.5, 0.6) is 5.75 Å². The van der Waals surface area contributed by atoms with Gasteiger partial charge in [-0.2, -0.15) is 0 Å². The summed E-state index contributed by atoms with van der Waals surface area (Å²) in [5.74, 6) is 1.79. The van der Waals surface area contributed by atoms with Gasteiger partial charge in [0.2, 0.25) is 5.91 Å². The van der Waals surface area contributed by atoms with Crippen LogP contribution in [0.4, 0.5) is 0 Å². The standard InChI is InChI=1S/C26H42N2O3/c1-21(2)31-24-13-10-22(11-14-24)12-15-26(29)28(18-7-19-30-3)20-23-8-6-17-27-16-5-4-9-25(23)27/h10-11,13-14,21,23,25H,4-9,12,15-20H2,1-3H3/t23-,25+/m0/s1. The molecule has 2 aliphatic heterocycles. The Labute approximate surface area is 189 Å². The van der Waals surface area contributed by atoms with E-state index in [1.54, 1.807) is 7.11 Å². The first kappa shape index (κ1) is 24.1. The van der Waals surface area contributed by atoms with E-state index in [1.807, 2.05) is 26.0 Å². The molecule has 0 unspecified atom stereocenters. The Balaban J connectivity index is 1.56. The summed E-state index contributed by atoms with van der Waals surface area (Å²) < 4.78 is 11.0. The summed E-state index contributed by atoms with van der Waals surface area (Å²) in [6.07, 6.45) is 8.93. The third kappa shape index (κ3) is 7.50. The predicted octanol–water partition coefficient (Wildman–Crippen LogP) is 4.54. The molecule has 1 aromatic carbocycles. The minimum Gasteiger partial charge on any atom is -0.491 e. The molecule has 5 heteroatoms. The molecule has 0 saturated carbocycles. The maximum atomic E-state index is 13.2. The fraction of sp³-hybridized carbons (Fsp3) is 0.731. The van der Waals surface area contributed by atoms with Crippen molar-refractivity contribution in [3.63, 3.8) is 0 Å². The molecule has 5 nitrogen and oxygen atoms in total. The molecule has 31 heavy (non-hydrogen) atoms. The van der Waals surface area contributed by atoms with E-state index in [1.165, 1.54) is 50.8 Å². The Hall–Kier alpha value is -1.59. The van der Waals surface area contributed by atoms with E-state index in [2.05, 4.69) is 21.9 Å². The van der Waals surface area contributed by atoms with Crippen LogP contribution in [0.3, 0.4) is 0 Å². The molecule has 0 spiro atoms. The number of methoxy groups -OCH3 is 1. The van der Waals surface area contributed by atoms with Gasteiger partial charge in [-0.3, -0.25) is 4.79 Å². The zero-order valence-electron chi connectivity index (χ0n) is 19.9. The van der Waals surface area contributed by atoms with Crippen molar-refractivity contribution < 1.29 is 14.3 Å². The lowest BCUT2D eigenvalue weighted by atomic mass is 9.83. The average Bonchev–Trinajstić information content (AvgIpc) is 2.77. The number of carbonyl (C=O) groups is 1. The van der Waals surface area contributed by atoms with E-state index in [9.17, 15) is 4.79 Å². The Morgan fingerprint density at radius 2 is 1.90 bits per heavy atom. The minimum atomic E-state index is 0.174. The van der Waals surface area contributed by atoms with Gasteiger partial charge in [0.05, 0.1) is 6.10 Å². The molecular formula is C26H42N2O3. The van der Waals surface area contributed by atoms with Crippen molar-refractivity contribution in [1.29, 1.82) is 0 Å². The van der Waals surface area contributed by atoms with Gasteiger partial charge in [-0.1, -0.05) is 18.6 Å². The van der Waals surface area contributed by atoms with E-state index in [0.717, 1.165) is 31.7 Å². The number of nitrogens with zero attached hydrogens (tertiary/aromatic N) is 2. The normalized spacial score (nSPS) is 21.7. The Kier molecular flexibility index (Phi) is 9.66. The van der Waals surface area contributed by atoms with E-state index < -0.39 is 0 Å². The first-order valence-corrected chi connectivity index (χ1v) is 12.3. The second kappa shape index (κ2) is 12.4. The molecule has 0 aromatic heterocycles. The molecule has 1 aromatic rings. The second-order valence-electron chi connectivity index (χ2n) is 9.50. The van der Waals surface area contributed by atoms with Gasteiger partial charge in [-0.05, 0) is 89.1 Å². The Morgan fingerprint density at radius 3 is 2.65 bits per heavy atom. The lowest BCUT2D eigenvalue weighted by molar-refractivity contribution is -0.132. The summed E-state index contributed by atoms with van der Waals surface area (Å²) in [5.41, 5.74) is 1.19. The highest BCUT2D eigenvalue weighted by Crippen LogP contribution is 2.31. The van der Waals surface area contributed by atoms with Crippen molar-refractivity contribution in [1.82, 2.24) is 9.80 Å². The van der Waals surface area contributed by atoms with E-state index in [0.29, 0.717) is 25.0 Å². The number of benzene rings is 1. The van der Waals surface area contributed by atoms with E-state index >= 15 is 0 Å². The predicted molar refractivity (Wildman–Crippen MR) is 126 cm³/mol. The number of carbonyl (C=O) groups excluding carboxylic acids is 1. The Bertz CT molecular complexity index is 659. The fourth-order valence-corrected chi connectivity index (χ4v) is 5.21. The van der Waals surface area contributed by atoms with Gasteiger partial charge in [0, 0.05) is 39.3 Å². The SMILES string of the molecule is COCCCN(C[C@@H]1CCCN2CCCC[C@H]12)C(=O)CCc1ccc(OC(C)C)cc1. The largest absolute Gasteiger partial charge is 0.491 e. The summed E-state index contributed by atoms with van der Waals surface area (Å²) >= 11 is 0. The summed E-state index contributed by atoms with van der Waals surface area (Å²) in [7, 11) is 1.74. The topological polar surface area (TPSA) is 42.0 Å². The fourth-order valence-electron chi connectivity index (χ4n) is 5.21.